The van der Waals surface area contributed by atoms with Crippen LogP contribution in [-0.4, -0.2) is 31.8 Å². The molecule has 160 valence electrons. The zero-order valence-corrected chi connectivity index (χ0v) is 16.7. The lowest BCUT2D eigenvalue weighted by Crippen LogP contribution is -2.31. The van der Waals surface area contributed by atoms with Crippen molar-refractivity contribution in [2.75, 3.05) is 0 Å². The normalized spacial score (nSPS) is 14.2. The highest BCUT2D eigenvalue weighted by Gasteiger charge is 2.32. The highest BCUT2D eigenvalue weighted by molar-refractivity contribution is 5.91. The molecule has 1 amide bonds. The van der Waals surface area contributed by atoms with E-state index in [2.05, 4.69) is 10.3 Å². The highest BCUT2D eigenvalue weighted by Crippen LogP contribution is 2.31. The molecule has 0 bridgehead atoms. The summed E-state index contributed by atoms with van der Waals surface area (Å²) in [4.78, 5) is 14.4. The summed E-state index contributed by atoms with van der Waals surface area (Å²) >= 11 is 0. The van der Waals surface area contributed by atoms with Gasteiger partial charge in [0.2, 0.25) is 5.91 Å². The van der Waals surface area contributed by atoms with E-state index in [9.17, 15) is 18.0 Å². The first-order valence-electron chi connectivity index (χ1n) is 9.97. The molecule has 2 aromatic carbocycles. The van der Waals surface area contributed by atoms with Crippen LogP contribution in [0.5, 0.6) is 0 Å². The monoisotopic (exact) mass is 426 g/mol. The number of hydrogen-bond donors (Lipinski definition) is 0. The minimum Gasteiger partial charge on any atom is -0.332 e. The number of rotatable bonds is 7. The van der Waals surface area contributed by atoms with Gasteiger partial charge in [-0.25, -0.2) is 4.68 Å². The molecule has 1 fully saturated rings. The summed E-state index contributed by atoms with van der Waals surface area (Å²) in [5, 5.41) is 8.15. The third-order valence-electron chi connectivity index (χ3n) is 5.05. The molecule has 0 spiro atoms. The van der Waals surface area contributed by atoms with Crippen LogP contribution in [-0.2, 0) is 24.1 Å². The van der Waals surface area contributed by atoms with Crippen LogP contribution in [0, 0.1) is 0 Å². The van der Waals surface area contributed by atoms with Crippen molar-refractivity contribution in [1.82, 2.24) is 19.9 Å². The minimum absolute atomic E-state index is 0.119. The molecule has 0 aliphatic heterocycles. The number of hydrogen-bond acceptors (Lipinski definition) is 3. The van der Waals surface area contributed by atoms with E-state index >= 15 is 0 Å². The van der Waals surface area contributed by atoms with Gasteiger partial charge in [0.1, 0.15) is 5.69 Å². The van der Waals surface area contributed by atoms with Gasteiger partial charge in [0.15, 0.2) is 0 Å². The van der Waals surface area contributed by atoms with E-state index in [0.717, 1.165) is 30.5 Å². The molecular formula is C23H21F3N4O. The molecule has 31 heavy (non-hydrogen) atoms. The lowest BCUT2D eigenvalue weighted by Gasteiger charge is -2.21. The third-order valence-corrected chi connectivity index (χ3v) is 5.05. The Morgan fingerprint density at radius 2 is 1.77 bits per heavy atom. The summed E-state index contributed by atoms with van der Waals surface area (Å²) in [6, 6.07) is 14.9. The van der Waals surface area contributed by atoms with Gasteiger partial charge in [-0.05, 0) is 42.2 Å². The lowest BCUT2D eigenvalue weighted by atomic mass is 10.1. The summed E-state index contributed by atoms with van der Waals surface area (Å²) in [6.45, 7) is 0.852. The maximum Gasteiger partial charge on any atom is 0.416 e. The maximum atomic E-state index is 12.7. The van der Waals surface area contributed by atoms with Crippen molar-refractivity contribution in [1.29, 1.82) is 0 Å². The number of carbonyl (C=O) groups is 1. The first-order chi connectivity index (χ1) is 14.9. The Morgan fingerprint density at radius 3 is 2.42 bits per heavy atom. The zero-order chi connectivity index (χ0) is 21.8. The summed E-state index contributed by atoms with van der Waals surface area (Å²) in [6.07, 6.45) is 2.23. The predicted molar refractivity (Wildman–Crippen MR) is 110 cm³/mol. The maximum absolute atomic E-state index is 12.7. The average Bonchev–Trinajstić information content (AvgIpc) is 3.50. The Bertz CT molecular complexity index is 1050. The fraction of sp³-hybridized carbons (Fsp3) is 0.261. The molecule has 5 nitrogen and oxygen atoms in total. The van der Waals surface area contributed by atoms with Gasteiger partial charge in [-0.1, -0.05) is 47.7 Å². The molecule has 8 heteroatoms. The zero-order valence-electron chi connectivity index (χ0n) is 16.7. The summed E-state index contributed by atoms with van der Waals surface area (Å²) < 4.78 is 39.9. The van der Waals surface area contributed by atoms with Crippen molar-refractivity contribution in [3.63, 3.8) is 0 Å². The van der Waals surface area contributed by atoms with E-state index in [0.29, 0.717) is 17.8 Å². The second-order valence-electron chi connectivity index (χ2n) is 7.55. The van der Waals surface area contributed by atoms with E-state index in [4.69, 9.17) is 0 Å². The van der Waals surface area contributed by atoms with Crippen LogP contribution in [0.4, 0.5) is 13.2 Å². The number of alkyl halides is 3. The van der Waals surface area contributed by atoms with Gasteiger partial charge in [0, 0.05) is 18.7 Å². The standard InChI is InChI=1S/C23H21F3N4O/c24-23(25,26)19-8-6-18(7-9-19)15-30(21-11-12-21)22(31)13-10-20-16-29(28-27-20)14-17-4-2-1-3-5-17/h1-10,13,16,21H,11-12,14-15H2/b13-10+. The summed E-state index contributed by atoms with van der Waals surface area (Å²) in [7, 11) is 0. The number of aromatic nitrogens is 3. The van der Waals surface area contributed by atoms with Crippen molar-refractivity contribution >= 4 is 12.0 Å². The smallest absolute Gasteiger partial charge is 0.332 e. The molecule has 4 rings (SSSR count). The van der Waals surface area contributed by atoms with Crippen molar-refractivity contribution in [2.24, 2.45) is 0 Å². The fourth-order valence-electron chi connectivity index (χ4n) is 3.26. The fourth-order valence-corrected chi connectivity index (χ4v) is 3.26. The second kappa shape index (κ2) is 8.75. The Hall–Kier alpha value is -3.42. The molecule has 0 atom stereocenters. The first-order valence-corrected chi connectivity index (χ1v) is 9.97. The average molecular weight is 426 g/mol. The SMILES string of the molecule is O=C(/C=C/c1cn(Cc2ccccc2)nn1)N(Cc1ccc(C(F)(F)F)cc1)C1CC1. The molecule has 1 aromatic heterocycles. The molecule has 0 radical (unpaired) electrons. The van der Waals surface area contributed by atoms with Gasteiger partial charge in [-0.15, -0.1) is 5.10 Å². The van der Waals surface area contributed by atoms with Crippen LogP contribution < -0.4 is 0 Å². The van der Waals surface area contributed by atoms with E-state index in [1.54, 1.807) is 21.9 Å². The number of halogens is 3. The predicted octanol–water partition coefficient (Wildman–Crippen LogP) is 4.55. The van der Waals surface area contributed by atoms with Crippen molar-refractivity contribution in [2.45, 2.75) is 38.1 Å². The molecule has 0 saturated heterocycles. The van der Waals surface area contributed by atoms with Gasteiger partial charge < -0.3 is 4.90 Å². The molecule has 1 heterocycles. The molecule has 0 unspecified atom stereocenters. The van der Waals surface area contributed by atoms with Crippen LogP contribution in [0.25, 0.3) is 6.08 Å². The number of carbonyl (C=O) groups excluding carboxylic acids is 1. The number of amides is 1. The van der Waals surface area contributed by atoms with Gasteiger partial charge in [-0.2, -0.15) is 13.2 Å². The van der Waals surface area contributed by atoms with Crippen molar-refractivity contribution in [3.05, 3.63) is 89.3 Å². The molecule has 0 N–H and O–H groups in total. The molecule has 1 aliphatic carbocycles. The quantitative estimate of drug-likeness (QED) is 0.521. The Labute approximate surface area is 177 Å². The van der Waals surface area contributed by atoms with E-state index < -0.39 is 11.7 Å². The van der Waals surface area contributed by atoms with E-state index in [1.165, 1.54) is 18.2 Å². The van der Waals surface area contributed by atoms with E-state index in [-0.39, 0.29) is 18.5 Å². The van der Waals surface area contributed by atoms with Crippen LogP contribution in [0.1, 0.15) is 35.2 Å². The van der Waals surface area contributed by atoms with Crippen LogP contribution >= 0.6 is 0 Å². The third kappa shape index (κ3) is 5.59. The highest BCUT2D eigenvalue weighted by atomic mass is 19.4. The topological polar surface area (TPSA) is 51.0 Å². The van der Waals surface area contributed by atoms with Gasteiger partial charge >= 0.3 is 6.18 Å². The number of nitrogens with zero attached hydrogens (tertiary/aromatic N) is 4. The number of benzene rings is 2. The first kappa shape index (κ1) is 20.8. The Kier molecular flexibility index (Phi) is 5.88. The summed E-state index contributed by atoms with van der Waals surface area (Å²) in [5.41, 5.74) is 1.62. The minimum atomic E-state index is -4.37. The van der Waals surface area contributed by atoms with Gasteiger partial charge in [0.05, 0.1) is 18.3 Å². The van der Waals surface area contributed by atoms with E-state index in [1.807, 2.05) is 30.3 Å². The van der Waals surface area contributed by atoms with Gasteiger partial charge in [-0.3, -0.25) is 4.79 Å². The lowest BCUT2D eigenvalue weighted by molar-refractivity contribution is -0.137. The molecule has 1 aliphatic rings. The molecule has 1 saturated carbocycles. The molecule has 3 aromatic rings. The largest absolute Gasteiger partial charge is 0.416 e. The summed E-state index contributed by atoms with van der Waals surface area (Å²) in [5.74, 6) is -0.194. The Balaban J connectivity index is 1.39. The van der Waals surface area contributed by atoms with Gasteiger partial charge in [0.25, 0.3) is 0 Å². The van der Waals surface area contributed by atoms with Crippen molar-refractivity contribution in [3.8, 4) is 0 Å². The van der Waals surface area contributed by atoms with Crippen LogP contribution in [0.15, 0.2) is 66.9 Å². The van der Waals surface area contributed by atoms with Crippen LogP contribution in [0.3, 0.4) is 0 Å². The molecular weight excluding hydrogens is 405 g/mol. The second-order valence-corrected chi connectivity index (χ2v) is 7.55. The van der Waals surface area contributed by atoms with Crippen LogP contribution in [0.2, 0.25) is 0 Å². The van der Waals surface area contributed by atoms with Crippen molar-refractivity contribution < 1.29 is 18.0 Å². The Morgan fingerprint density at radius 1 is 1.06 bits per heavy atom.